The van der Waals surface area contributed by atoms with Crippen LogP contribution in [0, 0.1) is 0 Å². The van der Waals surface area contributed by atoms with Gasteiger partial charge in [0.1, 0.15) is 11.3 Å². The van der Waals surface area contributed by atoms with E-state index in [-0.39, 0.29) is 11.3 Å². The molecule has 0 heterocycles. The zero-order valence-corrected chi connectivity index (χ0v) is 11.0. The van der Waals surface area contributed by atoms with Crippen LogP contribution in [0.15, 0.2) is 18.2 Å². The average Bonchev–Trinajstić information content (AvgIpc) is 2.37. The van der Waals surface area contributed by atoms with E-state index in [0.717, 1.165) is 0 Å². The van der Waals surface area contributed by atoms with Gasteiger partial charge in [0.2, 0.25) is 0 Å². The zero-order chi connectivity index (χ0) is 15.3. The molecule has 1 rings (SSSR count). The van der Waals surface area contributed by atoms with E-state index in [4.69, 9.17) is 20.9 Å². The molecule has 0 aliphatic heterocycles. The topological polar surface area (TPSA) is 134 Å². The molecular formula is C12H15N3O5. The van der Waals surface area contributed by atoms with Gasteiger partial charge >= 0.3 is 12.0 Å². The zero-order valence-electron chi connectivity index (χ0n) is 11.0. The van der Waals surface area contributed by atoms with Crippen molar-refractivity contribution in [1.29, 1.82) is 0 Å². The summed E-state index contributed by atoms with van der Waals surface area (Å²) in [5, 5.41) is 1.81. The molecule has 8 nitrogen and oxygen atoms in total. The minimum Gasteiger partial charge on any atom is -0.496 e. The van der Waals surface area contributed by atoms with E-state index in [1.165, 1.54) is 26.2 Å². The van der Waals surface area contributed by atoms with Gasteiger partial charge in [0.05, 0.1) is 7.11 Å². The normalized spacial score (nSPS) is 11.3. The predicted molar refractivity (Wildman–Crippen MR) is 70.0 cm³/mol. The number of carbonyl (C=O) groups is 3. The number of esters is 1. The highest BCUT2D eigenvalue weighted by atomic mass is 16.5. The maximum atomic E-state index is 11.9. The Labute approximate surface area is 115 Å². The third-order valence-electron chi connectivity index (χ3n) is 2.34. The largest absolute Gasteiger partial charge is 0.496 e. The molecule has 5 N–H and O–H groups in total. The fraction of sp³-hybridized carbons (Fsp3) is 0.250. The van der Waals surface area contributed by atoms with E-state index in [1.807, 2.05) is 0 Å². The Bertz CT molecular complexity index is 544. The lowest BCUT2D eigenvalue weighted by Crippen LogP contribution is -2.42. The molecule has 0 aliphatic carbocycles. The van der Waals surface area contributed by atoms with E-state index in [1.54, 1.807) is 11.4 Å². The Morgan fingerprint density at radius 1 is 1.30 bits per heavy atom. The summed E-state index contributed by atoms with van der Waals surface area (Å²) in [5.41, 5.74) is 10.8. The number of amides is 3. The molecule has 0 spiro atoms. The molecule has 0 radical (unpaired) electrons. The molecule has 0 saturated heterocycles. The number of methoxy groups -OCH3 is 1. The van der Waals surface area contributed by atoms with E-state index < -0.39 is 24.0 Å². The third kappa shape index (κ3) is 3.87. The second kappa shape index (κ2) is 6.41. The number of anilines is 1. The van der Waals surface area contributed by atoms with Gasteiger partial charge in [-0.2, -0.15) is 0 Å². The van der Waals surface area contributed by atoms with Gasteiger partial charge in [-0.05, 0) is 25.1 Å². The summed E-state index contributed by atoms with van der Waals surface area (Å²) >= 11 is 0. The summed E-state index contributed by atoms with van der Waals surface area (Å²) in [5.74, 6) is -1.37. The van der Waals surface area contributed by atoms with Crippen LogP contribution in [0.4, 0.5) is 10.5 Å². The standard InChI is InChI=1S/C12H15N3O5/c1-6(10(16)15-12(14)18)20-11(17)8-5-7(13)3-4-9(8)19-2/h3-6H,13H2,1-2H3,(H3,14,15,16,18). The number of carbonyl (C=O) groups excluding carboxylic acids is 3. The summed E-state index contributed by atoms with van der Waals surface area (Å²) in [6.45, 7) is 1.30. The minimum absolute atomic E-state index is 0.0752. The summed E-state index contributed by atoms with van der Waals surface area (Å²) in [6.07, 6.45) is -1.19. The molecule has 20 heavy (non-hydrogen) atoms. The molecule has 0 aromatic heterocycles. The van der Waals surface area contributed by atoms with Gasteiger partial charge in [-0.3, -0.25) is 10.1 Å². The average molecular weight is 281 g/mol. The van der Waals surface area contributed by atoms with Crippen molar-refractivity contribution in [3.8, 4) is 5.75 Å². The fourth-order valence-electron chi connectivity index (χ4n) is 1.39. The first-order valence-electron chi connectivity index (χ1n) is 5.60. The molecule has 1 unspecified atom stereocenters. The summed E-state index contributed by atoms with van der Waals surface area (Å²) in [6, 6.07) is 3.39. The molecule has 1 aromatic rings. The second-order valence-electron chi connectivity index (χ2n) is 3.86. The van der Waals surface area contributed by atoms with Crippen molar-refractivity contribution in [3.63, 3.8) is 0 Å². The number of ether oxygens (including phenoxy) is 2. The van der Waals surface area contributed by atoms with Crippen molar-refractivity contribution < 1.29 is 23.9 Å². The molecular weight excluding hydrogens is 266 g/mol. The van der Waals surface area contributed by atoms with Crippen LogP contribution >= 0.6 is 0 Å². The van der Waals surface area contributed by atoms with Crippen molar-refractivity contribution in [2.24, 2.45) is 5.73 Å². The van der Waals surface area contributed by atoms with Crippen LogP contribution in [0.2, 0.25) is 0 Å². The van der Waals surface area contributed by atoms with Gasteiger partial charge in [0.15, 0.2) is 6.10 Å². The molecule has 1 atom stereocenters. The van der Waals surface area contributed by atoms with Crippen LogP contribution < -0.4 is 21.5 Å². The molecule has 8 heteroatoms. The van der Waals surface area contributed by atoms with Crippen LogP contribution in [0.1, 0.15) is 17.3 Å². The van der Waals surface area contributed by atoms with Crippen LogP contribution in [0.5, 0.6) is 5.75 Å². The van der Waals surface area contributed by atoms with Gasteiger partial charge in [0.25, 0.3) is 5.91 Å². The van der Waals surface area contributed by atoms with E-state index in [9.17, 15) is 14.4 Å². The van der Waals surface area contributed by atoms with Gasteiger partial charge in [-0.15, -0.1) is 0 Å². The molecule has 0 aliphatic rings. The quantitative estimate of drug-likeness (QED) is 0.526. The fourth-order valence-corrected chi connectivity index (χ4v) is 1.39. The van der Waals surface area contributed by atoms with Gasteiger partial charge < -0.3 is 20.9 Å². The maximum absolute atomic E-state index is 11.9. The van der Waals surface area contributed by atoms with Crippen molar-refractivity contribution in [2.75, 3.05) is 12.8 Å². The number of hydrogen-bond donors (Lipinski definition) is 3. The summed E-state index contributed by atoms with van der Waals surface area (Å²) in [4.78, 5) is 33.8. The molecule has 108 valence electrons. The Morgan fingerprint density at radius 3 is 2.50 bits per heavy atom. The number of benzene rings is 1. The smallest absolute Gasteiger partial charge is 0.342 e. The first kappa shape index (κ1) is 15.3. The van der Waals surface area contributed by atoms with Gasteiger partial charge in [-0.25, -0.2) is 9.59 Å². The van der Waals surface area contributed by atoms with Crippen molar-refractivity contribution >= 4 is 23.6 Å². The highest BCUT2D eigenvalue weighted by molar-refractivity contribution is 5.99. The Hall–Kier alpha value is -2.77. The molecule has 0 fully saturated rings. The lowest BCUT2D eigenvalue weighted by Gasteiger charge is -2.13. The van der Waals surface area contributed by atoms with E-state index >= 15 is 0 Å². The molecule has 1 aromatic carbocycles. The van der Waals surface area contributed by atoms with Crippen molar-refractivity contribution in [1.82, 2.24) is 5.32 Å². The predicted octanol–water partition coefficient (Wildman–Crippen LogP) is 0.0176. The number of nitrogens with two attached hydrogens (primary N) is 2. The highest BCUT2D eigenvalue weighted by Gasteiger charge is 2.22. The van der Waals surface area contributed by atoms with Crippen LogP contribution in [0.3, 0.4) is 0 Å². The number of imide groups is 1. The Morgan fingerprint density at radius 2 is 1.95 bits per heavy atom. The number of rotatable bonds is 4. The SMILES string of the molecule is COc1ccc(N)cc1C(=O)OC(C)C(=O)NC(N)=O. The highest BCUT2D eigenvalue weighted by Crippen LogP contribution is 2.22. The van der Waals surface area contributed by atoms with Gasteiger partial charge in [0, 0.05) is 5.69 Å². The van der Waals surface area contributed by atoms with E-state index in [0.29, 0.717) is 5.69 Å². The third-order valence-corrected chi connectivity index (χ3v) is 2.34. The number of primary amides is 1. The van der Waals surface area contributed by atoms with Crippen LogP contribution in [-0.4, -0.2) is 31.1 Å². The summed E-state index contributed by atoms with van der Waals surface area (Å²) in [7, 11) is 1.38. The monoisotopic (exact) mass is 281 g/mol. The molecule has 3 amide bonds. The maximum Gasteiger partial charge on any atom is 0.342 e. The minimum atomic E-state index is -1.19. The van der Waals surface area contributed by atoms with Crippen molar-refractivity contribution in [2.45, 2.75) is 13.0 Å². The summed E-state index contributed by atoms with van der Waals surface area (Å²) < 4.78 is 9.90. The van der Waals surface area contributed by atoms with Gasteiger partial charge in [-0.1, -0.05) is 0 Å². The lowest BCUT2D eigenvalue weighted by molar-refractivity contribution is -0.127. The lowest BCUT2D eigenvalue weighted by atomic mass is 10.2. The van der Waals surface area contributed by atoms with Crippen LogP contribution in [0.25, 0.3) is 0 Å². The Balaban J connectivity index is 2.83. The number of nitrogen functional groups attached to an aromatic ring is 1. The number of hydrogen-bond acceptors (Lipinski definition) is 6. The number of nitrogens with one attached hydrogen (secondary N) is 1. The first-order valence-corrected chi connectivity index (χ1v) is 5.60. The number of urea groups is 1. The Kier molecular flexibility index (Phi) is 4.90. The first-order chi connectivity index (χ1) is 9.35. The molecule has 0 saturated carbocycles. The van der Waals surface area contributed by atoms with Crippen LogP contribution in [-0.2, 0) is 9.53 Å². The second-order valence-corrected chi connectivity index (χ2v) is 3.86. The van der Waals surface area contributed by atoms with Crippen molar-refractivity contribution in [3.05, 3.63) is 23.8 Å². The molecule has 0 bridgehead atoms. The van der Waals surface area contributed by atoms with E-state index in [2.05, 4.69) is 0 Å².